The van der Waals surface area contributed by atoms with Crippen LogP contribution in [0.4, 0.5) is 8.78 Å². The van der Waals surface area contributed by atoms with Crippen LogP contribution < -0.4 is 0 Å². The fraction of sp³-hybridized carbons (Fsp3) is 0.579. The zero-order chi connectivity index (χ0) is 19.4. The van der Waals surface area contributed by atoms with Crippen molar-refractivity contribution in [1.82, 2.24) is 9.55 Å². The molecular formula is C19H24F2N2O4. The Morgan fingerprint density at radius 3 is 2.81 bits per heavy atom. The lowest BCUT2D eigenvalue weighted by Gasteiger charge is -2.24. The molecule has 0 bridgehead atoms. The van der Waals surface area contributed by atoms with Gasteiger partial charge in [-0.05, 0) is 45.2 Å². The number of imidazole rings is 1. The summed E-state index contributed by atoms with van der Waals surface area (Å²) in [6.07, 6.45) is 1.24. The molecule has 27 heavy (non-hydrogen) atoms. The lowest BCUT2D eigenvalue weighted by Crippen LogP contribution is -2.31. The maximum atomic E-state index is 13.5. The summed E-state index contributed by atoms with van der Waals surface area (Å²) >= 11 is 0. The van der Waals surface area contributed by atoms with Crippen LogP contribution in [0.15, 0.2) is 24.3 Å². The molecule has 1 aromatic carbocycles. The molecule has 0 spiro atoms. The molecule has 2 heterocycles. The average molecular weight is 382 g/mol. The summed E-state index contributed by atoms with van der Waals surface area (Å²) in [7, 11) is 0. The summed E-state index contributed by atoms with van der Waals surface area (Å²) in [4.78, 5) is 16.5. The number of hydrogen-bond donors (Lipinski definition) is 0. The highest BCUT2D eigenvalue weighted by Crippen LogP contribution is 2.28. The molecule has 3 unspecified atom stereocenters. The van der Waals surface area contributed by atoms with E-state index in [-0.39, 0.29) is 11.9 Å². The van der Waals surface area contributed by atoms with Gasteiger partial charge in [0.05, 0.1) is 23.7 Å². The Labute approximate surface area is 156 Å². The number of para-hydroxylation sites is 2. The Bertz CT molecular complexity index is 774. The van der Waals surface area contributed by atoms with Gasteiger partial charge in [-0.3, -0.25) is 4.57 Å². The molecule has 8 heteroatoms. The Kier molecular flexibility index (Phi) is 6.38. The number of carbonyl (C=O) groups excluding carboxylic acids is 1. The van der Waals surface area contributed by atoms with Crippen LogP contribution in [0.25, 0.3) is 11.0 Å². The van der Waals surface area contributed by atoms with E-state index in [4.69, 9.17) is 14.2 Å². The van der Waals surface area contributed by atoms with Gasteiger partial charge in [0.25, 0.3) is 0 Å². The highest BCUT2D eigenvalue weighted by atomic mass is 19.3. The maximum absolute atomic E-state index is 13.5. The van der Waals surface area contributed by atoms with Gasteiger partial charge >= 0.3 is 12.5 Å². The number of fused-ring (bicyclic) bond motifs is 1. The summed E-state index contributed by atoms with van der Waals surface area (Å²) in [5.41, 5.74) is 0.721. The predicted octanol–water partition coefficient (Wildman–Crippen LogP) is 4.01. The largest absolute Gasteiger partial charge is 0.453 e. The quantitative estimate of drug-likeness (QED) is 0.677. The van der Waals surface area contributed by atoms with E-state index in [0.29, 0.717) is 24.2 Å². The molecule has 1 saturated heterocycles. The van der Waals surface area contributed by atoms with Crippen molar-refractivity contribution in [3.63, 3.8) is 0 Å². The molecule has 2 aromatic rings. The fourth-order valence-electron chi connectivity index (χ4n) is 3.14. The van der Waals surface area contributed by atoms with Crippen LogP contribution >= 0.6 is 0 Å². The van der Waals surface area contributed by atoms with Crippen molar-refractivity contribution in [3.05, 3.63) is 30.1 Å². The van der Waals surface area contributed by atoms with Crippen LogP contribution in [-0.2, 0) is 19.0 Å². The number of rotatable bonds is 7. The first-order valence-corrected chi connectivity index (χ1v) is 9.16. The molecule has 0 radical (unpaired) electrons. The number of halogens is 2. The van der Waals surface area contributed by atoms with Crippen molar-refractivity contribution < 1.29 is 27.8 Å². The number of esters is 1. The summed E-state index contributed by atoms with van der Waals surface area (Å²) < 4.78 is 44.3. The van der Waals surface area contributed by atoms with Gasteiger partial charge in [0.15, 0.2) is 18.0 Å². The van der Waals surface area contributed by atoms with Crippen molar-refractivity contribution in [2.45, 2.75) is 58.0 Å². The summed E-state index contributed by atoms with van der Waals surface area (Å²) in [6, 6.07) is 6.58. The SMILES string of the molecule is CC(OCC1CCCCO1)C(=O)OC(C)c1nc2ccccc2n1C(F)F. The number of ether oxygens (including phenoxy) is 3. The molecule has 1 aliphatic heterocycles. The molecule has 0 amide bonds. The lowest BCUT2D eigenvalue weighted by molar-refractivity contribution is -0.164. The highest BCUT2D eigenvalue weighted by Gasteiger charge is 2.27. The Morgan fingerprint density at radius 2 is 2.11 bits per heavy atom. The van der Waals surface area contributed by atoms with Gasteiger partial charge in [0.1, 0.15) is 0 Å². The molecule has 0 N–H and O–H groups in total. The highest BCUT2D eigenvalue weighted by molar-refractivity contribution is 5.77. The maximum Gasteiger partial charge on any atom is 0.335 e. The number of hydrogen-bond acceptors (Lipinski definition) is 5. The number of benzene rings is 1. The van der Waals surface area contributed by atoms with Gasteiger partial charge in [0, 0.05) is 6.61 Å². The van der Waals surface area contributed by atoms with Crippen LogP contribution in [0.5, 0.6) is 0 Å². The molecule has 1 aromatic heterocycles. The topological polar surface area (TPSA) is 62.6 Å². The Hall–Kier alpha value is -2.06. The van der Waals surface area contributed by atoms with E-state index in [2.05, 4.69) is 4.98 Å². The first-order valence-electron chi connectivity index (χ1n) is 9.16. The second-order valence-electron chi connectivity index (χ2n) is 6.65. The van der Waals surface area contributed by atoms with E-state index >= 15 is 0 Å². The third-order valence-corrected chi connectivity index (χ3v) is 4.61. The van der Waals surface area contributed by atoms with Gasteiger partial charge in [-0.2, -0.15) is 8.78 Å². The standard InChI is InChI=1S/C19H24F2N2O4/c1-12(17-22-15-8-3-4-9-16(15)23(17)19(20)21)27-18(24)13(2)26-11-14-7-5-6-10-25-14/h3-4,8-9,12-14,19H,5-7,10-11H2,1-2H3. The van der Waals surface area contributed by atoms with Gasteiger partial charge < -0.3 is 14.2 Å². The molecule has 3 atom stereocenters. The lowest BCUT2D eigenvalue weighted by atomic mass is 10.1. The summed E-state index contributed by atoms with van der Waals surface area (Å²) in [5, 5.41) is 0. The molecule has 0 saturated carbocycles. The first kappa shape index (κ1) is 19.7. The van der Waals surface area contributed by atoms with Crippen LogP contribution in [0.3, 0.4) is 0 Å². The Balaban J connectivity index is 1.64. The summed E-state index contributed by atoms with van der Waals surface area (Å²) in [6.45, 7) is 1.32. The number of nitrogens with zero attached hydrogens (tertiary/aromatic N) is 2. The number of alkyl halides is 2. The smallest absolute Gasteiger partial charge is 0.335 e. The second kappa shape index (κ2) is 8.75. The van der Waals surface area contributed by atoms with Crippen LogP contribution in [0.2, 0.25) is 0 Å². The number of aromatic nitrogens is 2. The zero-order valence-electron chi connectivity index (χ0n) is 15.4. The van der Waals surface area contributed by atoms with E-state index in [1.165, 1.54) is 6.92 Å². The van der Waals surface area contributed by atoms with Crippen molar-refractivity contribution in [3.8, 4) is 0 Å². The third kappa shape index (κ3) is 4.62. The van der Waals surface area contributed by atoms with Crippen molar-refractivity contribution in [1.29, 1.82) is 0 Å². The van der Waals surface area contributed by atoms with Gasteiger partial charge in [-0.25, -0.2) is 9.78 Å². The zero-order valence-corrected chi connectivity index (χ0v) is 15.4. The van der Waals surface area contributed by atoms with Gasteiger partial charge in [-0.15, -0.1) is 0 Å². The minimum atomic E-state index is -2.79. The first-order chi connectivity index (χ1) is 13.0. The van der Waals surface area contributed by atoms with E-state index in [1.54, 1.807) is 31.2 Å². The van der Waals surface area contributed by atoms with Gasteiger partial charge in [-0.1, -0.05) is 12.1 Å². The molecule has 3 rings (SSSR count). The molecule has 0 aliphatic carbocycles. The van der Waals surface area contributed by atoms with Gasteiger partial charge in [0.2, 0.25) is 0 Å². The molecule has 1 aliphatic rings. The second-order valence-corrected chi connectivity index (χ2v) is 6.65. The van der Waals surface area contributed by atoms with Crippen LogP contribution in [0, 0.1) is 0 Å². The predicted molar refractivity (Wildman–Crippen MR) is 94.5 cm³/mol. The van der Waals surface area contributed by atoms with E-state index in [1.807, 2.05) is 0 Å². The summed E-state index contributed by atoms with van der Waals surface area (Å²) in [5.74, 6) is -0.617. The van der Waals surface area contributed by atoms with E-state index < -0.39 is 24.7 Å². The van der Waals surface area contributed by atoms with E-state index in [0.717, 1.165) is 23.8 Å². The normalized spacial score (nSPS) is 20.0. The number of carbonyl (C=O) groups is 1. The minimum Gasteiger partial charge on any atom is -0.453 e. The molecular weight excluding hydrogens is 358 g/mol. The van der Waals surface area contributed by atoms with E-state index in [9.17, 15) is 13.6 Å². The monoisotopic (exact) mass is 382 g/mol. The van der Waals surface area contributed by atoms with Crippen molar-refractivity contribution >= 4 is 17.0 Å². The minimum absolute atomic E-state index is 0.00219. The van der Waals surface area contributed by atoms with Crippen molar-refractivity contribution in [2.24, 2.45) is 0 Å². The van der Waals surface area contributed by atoms with Crippen LogP contribution in [-0.4, -0.2) is 40.9 Å². The Morgan fingerprint density at radius 1 is 1.33 bits per heavy atom. The van der Waals surface area contributed by atoms with Crippen molar-refractivity contribution in [2.75, 3.05) is 13.2 Å². The average Bonchev–Trinajstić information content (AvgIpc) is 3.06. The molecule has 1 fully saturated rings. The fourth-order valence-corrected chi connectivity index (χ4v) is 3.14. The third-order valence-electron chi connectivity index (χ3n) is 4.61. The molecule has 148 valence electrons. The van der Waals surface area contributed by atoms with Crippen LogP contribution in [0.1, 0.15) is 51.6 Å². The molecule has 6 nitrogen and oxygen atoms in total.